The van der Waals surface area contributed by atoms with Crippen molar-refractivity contribution in [3.63, 3.8) is 0 Å². The second-order valence-corrected chi connectivity index (χ2v) is 7.44. The molecule has 0 bridgehead atoms. The van der Waals surface area contributed by atoms with Gasteiger partial charge >= 0.3 is 16.1 Å². The predicted molar refractivity (Wildman–Crippen MR) is 85.9 cm³/mol. The van der Waals surface area contributed by atoms with Gasteiger partial charge in [-0.25, -0.2) is 9.13 Å². The van der Waals surface area contributed by atoms with Crippen LogP contribution in [0.4, 0.5) is 17.3 Å². The topological polar surface area (TPSA) is 36.5 Å². The van der Waals surface area contributed by atoms with Crippen molar-refractivity contribution >= 4 is 16.1 Å². The molecule has 142 valence electrons. The Kier molecular flexibility index (Phi) is 11.2. The first-order valence-electron chi connectivity index (χ1n) is 8.03. The first-order chi connectivity index (χ1) is 11.2. The van der Waals surface area contributed by atoms with E-state index >= 15 is 0 Å². The summed E-state index contributed by atoms with van der Waals surface area (Å²) in [5.41, 5.74) is 0. The number of hydrogen-bond donors (Lipinski definition) is 0. The van der Waals surface area contributed by atoms with Crippen LogP contribution >= 0.6 is 0 Å². The Morgan fingerprint density at radius 2 is 1.42 bits per heavy atom. The molecule has 0 unspecified atom stereocenters. The first-order valence-corrected chi connectivity index (χ1v) is 9.96. The highest BCUT2D eigenvalue weighted by molar-refractivity contribution is 6.60. The minimum Gasteiger partial charge on any atom is -0.418 e. The molecule has 24 heavy (non-hydrogen) atoms. The molecule has 0 N–H and O–H groups in total. The van der Waals surface area contributed by atoms with Crippen LogP contribution in [0.1, 0.15) is 27.7 Å². The highest BCUT2D eigenvalue weighted by Crippen LogP contribution is 2.15. The molecule has 0 spiro atoms. The monoisotopic (exact) mass is 374 g/mol. The summed E-state index contributed by atoms with van der Waals surface area (Å²) in [7, 11) is -8.51. The summed E-state index contributed by atoms with van der Waals surface area (Å²) in [6.45, 7) is 11.8. The zero-order valence-corrected chi connectivity index (χ0v) is 15.7. The highest BCUT2D eigenvalue weighted by atomic mass is 28.4. The first kappa shape index (κ1) is 23.1. The molecule has 0 radical (unpaired) electrons. The van der Waals surface area contributed by atoms with E-state index in [4.69, 9.17) is 13.3 Å². The van der Waals surface area contributed by atoms with Gasteiger partial charge in [-0.15, -0.1) is 0 Å². The average Bonchev–Trinajstić information content (AvgIpc) is 2.92. The van der Waals surface area contributed by atoms with Crippen molar-refractivity contribution in [1.82, 2.24) is 4.57 Å². The third kappa shape index (κ3) is 10.8. The largest absolute Gasteiger partial charge is 0.673 e. The number of nitrogens with zero attached hydrogens (tertiary/aromatic N) is 2. The summed E-state index contributed by atoms with van der Waals surface area (Å²) in [5, 5.41) is 0. The van der Waals surface area contributed by atoms with Gasteiger partial charge in [0.1, 0.15) is 12.4 Å². The molecular weight excluding hydrogens is 347 g/mol. The zero-order chi connectivity index (χ0) is 18.6. The molecule has 0 aliphatic rings. The Morgan fingerprint density at radius 1 is 0.958 bits per heavy atom. The van der Waals surface area contributed by atoms with Gasteiger partial charge < -0.3 is 30.5 Å². The lowest BCUT2D eigenvalue weighted by molar-refractivity contribution is -0.693. The number of aryl methyl sites for hydroxylation is 2. The maximum Gasteiger partial charge on any atom is 0.673 e. The quantitative estimate of drug-likeness (QED) is 0.359. The predicted octanol–water partition coefficient (Wildman–Crippen LogP) is 3.14. The van der Waals surface area contributed by atoms with E-state index in [2.05, 4.69) is 34.8 Å². The van der Waals surface area contributed by atoms with E-state index in [0.717, 1.165) is 19.1 Å². The zero-order valence-electron chi connectivity index (χ0n) is 14.7. The van der Waals surface area contributed by atoms with E-state index in [1.807, 2.05) is 20.8 Å². The smallest absolute Gasteiger partial charge is 0.418 e. The Bertz CT molecular complexity index is 426. The van der Waals surface area contributed by atoms with Gasteiger partial charge in [-0.05, 0) is 27.7 Å². The van der Waals surface area contributed by atoms with Crippen LogP contribution in [0.15, 0.2) is 18.7 Å². The SMILES string of the molecule is CCO[Si](CC[n+]1ccn(CC)c1)(OCC)OCC.F[B-](F)(F)F. The third-order valence-electron chi connectivity index (χ3n) is 2.88. The van der Waals surface area contributed by atoms with Gasteiger partial charge in [-0.3, -0.25) is 0 Å². The van der Waals surface area contributed by atoms with Gasteiger partial charge in [0.25, 0.3) is 0 Å². The van der Waals surface area contributed by atoms with Crippen molar-refractivity contribution in [2.45, 2.75) is 46.8 Å². The summed E-state index contributed by atoms with van der Waals surface area (Å²) in [6, 6.07) is 0.806. The molecule has 0 saturated carbocycles. The summed E-state index contributed by atoms with van der Waals surface area (Å²) in [4.78, 5) is 0. The van der Waals surface area contributed by atoms with Crippen LogP contribution in [0.2, 0.25) is 6.04 Å². The molecule has 0 aliphatic carbocycles. The van der Waals surface area contributed by atoms with Crippen LogP contribution in [0, 0.1) is 0 Å². The van der Waals surface area contributed by atoms with Crippen LogP contribution in [0.5, 0.6) is 0 Å². The molecule has 0 saturated heterocycles. The fourth-order valence-electron chi connectivity index (χ4n) is 2.03. The van der Waals surface area contributed by atoms with Gasteiger partial charge in [0.15, 0.2) is 0 Å². The summed E-state index contributed by atoms with van der Waals surface area (Å²) < 4.78 is 60.8. The normalized spacial score (nSPS) is 12.0. The number of rotatable bonds is 10. The molecule has 0 aliphatic heterocycles. The Morgan fingerprint density at radius 3 is 1.75 bits per heavy atom. The third-order valence-corrected chi connectivity index (χ3v) is 5.90. The van der Waals surface area contributed by atoms with Crippen molar-refractivity contribution in [3.8, 4) is 0 Å². The molecule has 5 nitrogen and oxygen atoms in total. The van der Waals surface area contributed by atoms with Crippen LogP contribution in [0.25, 0.3) is 0 Å². The second kappa shape index (κ2) is 11.6. The lowest BCUT2D eigenvalue weighted by atomic mass is 10.3. The number of aromatic nitrogens is 2. The molecule has 0 amide bonds. The van der Waals surface area contributed by atoms with Crippen LogP contribution in [-0.4, -0.2) is 40.4 Å². The molecule has 1 heterocycles. The summed E-state index contributed by atoms with van der Waals surface area (Å²) in [6.07, 6.45) is 6.25. The van der Waals surface area contributed by atoms with Crippen molar-refractivity contribution in [3.05, 3.63) is 18.7 Å². The van der Waals surface area contributed by atoms with Gasteiger partial charge in [-0.1, -0.05) is 0 Å². The molecule has 0 aromatic carbocycles. The van der Waals surface area contributed by atoms with Crippen molar-refractivity contribution in [2.24, 2.45) is 0 Å². The van der Waals surface area contributed by atoms with E-state index in [1.54, 1.807) is 0 Å². The number of halogens is 4. The Balaban J connectivity index is 0.000000922. The van der Waals surface area contributed by atoms with Crippen molar-refractivity contribution < 1.29 is 35.1 Å². The molecule has 1 aromatic heterocycles. The molecule has 1 aromatic rings. The average molecular weight is 374 g/mol. The fourth-order valence-corrected chi connectivity index (χ4v) is 4.56. The van der Waals surface area contributed by atoms with E-state index < -0.39 is 16.1 Å². The van der Waals surface area contributed by atoms with E-state index in [-0.39, 0.29) is 0 Å². The Hall–Kier alpha value is -0.908. The van der Waals surface area contributed by atoms with Crippen molar-refractivity contribution in [1.29, 1.82) is 0 Å². The Labute approximate surface area is 142 Å². The van der Waals surface area contributed by atoms with Crippen LogP contribution in [-0.2, 0) is 26.4 Å². The van der Waals surface area contributed by atoms with Crippen LogP contribution < -0.4 is 4.57 Å². The minimum atomic E-state index is -6.00. The van der Waals surface area contributed by atoms with Gasteiger partial charge in [-0.2, -0.15) is 0 Å². The standard InChI is InChI=1S/C13H27N2O3Si.BF4/c1-5-14-9-10-15(13-14)11-12-19(16-6-2,17-7-3)18-8-4;2-1(3,4)5/h9-10,13H,5-8,11-12H2,1-4H3;/q+1;-1. The van der Waals surface area contributed by atoms with E-state index in [9.17, 15) is 17.3 Å². The lowest BCUT2D eigenvalue weighted by Gasteiger charge is -2.27. The summed E-state index contributed by atoms with van der Waals surface area (Å²) in [5.74, 6) is 0. The van der Waals surface area contributed by atoms with Crippen LogP contribution in [0.3, 0.4) is 0 Å². The van der Waals surface area contributed by atoms with Gasteiger partial charge in [0.05, 0.1) is 19.1 Å². The van der Waals surface area contributed by atoms with Crippen molar-refractivity contribution in [2.75, 3.05) is 19.8 Å². The molecule has 0 atom stereocenters. The number of imidazole rings is 1. The minimum absolute atomic E-state index is 0.632. The molecular formula is C13H27BF4N2O3Si. The van der Waals surface area contributed by atoms with E-state index in [1.165, 1.54) is 0 Å². The fraction of sp³-hybridized carbons (Fsp3) is 0.769. The summed E-state index contributed by atoms with van der Waals surface area (Å²) >= 11 is 0. The molecule has 1 rings (SSSR count). The van der Waals surface area contributed by atoms with Gasteiger partial charge in [0.2, 0.25) is 6.33 Å². The van der Waals surface area contributed by atoms with Gasteiger partial charge in [0, 0.05) is 19.8 Å². The maximum absolute atomic E-state index is 9.75. The maximum atomic E-state index is 9.75. The highest BCUT2D eigenvalue weighted by Gasteiger charge is 2.40. The number of hydrogen-bond acceptors (Lipinski definition) is 3. The second-order valence-electron chi connectivity index (χ2n) is 4.71. The lowest BCUT2D eigenvalue weighted by Crippen LogP contribution is -2.49. The van der Waals surface area contributed by atoms with E-state index in [0.29, 0.717) is 19.8 Å². The molecule has 0 fully saturated rings. The molecule has 11 heteroatoms.